The number of sulfonamides is 1. The van der Waals surface area contributed by atoms with E-state index in [1.807, 2.05) is 13.8 Å². The maximum absolute atomic E-state index is 12.0. The van der Waals surface area contributed by atoms with Crippen LogP contribution in [0.5, 0.6) is 0 Å². The van der Waals surface area contributed by atoms with Crippen LogP contribution >= 0.6 is 0 Å². The van der Waals surface area contributed by atoms with Crippen molar-refractivity contribution >= 4 is 21.6 Å². The number of benzene rings is 1. The van der Waals surface area contributed by atoms with Gasteiger partial charge in [0, 0.05) is 31.7 Å². The van der Waals surface area contributed by atoms with Gasteiger partial charge in [0.1, 0.15) is 0 Å². The summed E-state index contributed by atoms with van der Waals surface area (Å²) >= 11 is 0. The van der Waals surface area contributed by atoms with Crippen LogP contribution in [-0.4, -0.2) is 38.9 Å². The van der Waals surface area contributed by atoms with Crippen molar-refractivity contribution in [2.24, 2.45) is 0 Å². The van der Waals surface area contributed by atoms with E-state index >= 15 is 0 Å². The average Bonchev–Trinajstić information content (AvgIpc) is 2.40. The Hall–Kier alpha value is -1.60. The summed E-state index contributed by atoms with van der Waals surface area (Å²) in [5.74, 6) is -0.0602. The van der Waals surface area contributed by atoms with Crippen molar-refractivity contribution in [3.8, 4) is 0 Å². The van der Waals surface area contributed by atoms with Crippen LogP contribution in [0, 0.1) is 0 Å². The van der Waals surface area contributed by atoms with Crippen molar-refractivity contribution in [2.45, 2.75) is 25.2 Å². The number of nitrogens with two attached hydrogens (primary N) is 1. The maximum Gasteiger partial charge on any atom is 0.240 e. The first-order chi connectivity index (χ1) is 9.40. The molecule has 1 amide bonds. The minimum Gasteiger partial charge on any atom is -0.399 e. The smallest absolute Gasteiger partial charge is 0.240 e. The van der Waals surface area contributed by atoms with Crippen LogP contribution in [0.15, 0.2) is 29.2 Å². The lowest BCUT2D eigenvalue weighted by Gasteiger charge is -2.18. The summed E-state index contributed by atoms with van der Waals surface area (Å²) in [5, 5.41) is 0. The molecule has 0 radical (unpaired) electrons. The molecule has 7 heteroatoms. The number of nitrogens with zero attached hydrogens (tertiary/aromatic N) is 1. The van der Waals surface area contributed by atoms with E-state index in [4.69, 9.17) is 5.73 Å². The average molecular weight is 299 g/mol. The molecule has 0 heterocycles. The lowest BCUT2D eigenvalue weighted by molar-refractivity contribution is -0.130. The Labute approximate surface area is 120 Å². The Bertz CT molecular complexity index is 536. The van der Waals surface area contributed by atoms with Gasteiger partial charge >= 0.3 is 0 Å². The number of amides is 1. The second kappa shape index (κ2) is 7.25. The summed E-state index contributed by atoms with van der Waals surface area (Å²) in [6.07, 6.45) is 0.149. The van der Waals surface area contributed by atoms with Gasteiger partial charge in [-0.1, -0.05) is 0 Å². The van der Waals surface area contributed by atoms with E-state index in [1.54, 1.807) is 4.90 Å². The third-order valence-electron chi connectivity index (χ3n) is 2.94. The molecular formula is C13H21N3O3S. The highest BCUT2D eigenvalue weighted by atomic mass is 32.2. The molecule has 0 saturated heterocycles. The minimum atomic E-state index is -3.59. The zero-order valence-electron chi connectivity index (χ0n) is 11.8. The van der Waals surface area contributed by atoms with E-state index < -0.39 is 10.0 Å². The molecule has 0 aliphatic carbocycles. The fourth-order valence-electron chi connectivity index (χ4n) is 1.76. The zero-order chi connectivity index (χ0) is 15.2. The van der Waals surface area contributed by atoms with Gasteiger partial charge in [0.2, 0.25) is 15.9 Å². The number of rotatable bonds is 7. The summed E-state index contributed by atoms with van der Waals surface area (Å²) in [5.41, 5.74) is 6.01. The third kappa shape index (κ3) is 4.50. The predicted molar refractivity (Wildman–Crippen MR) is 78.6 cm³/mol. The highest BCUT2D eigenvalue weighted by Gasteiger charge is 2.15. The minimum absolute atomic E-state index is 0.0602. The molecule has 0 saturated carbocycles. The molecule has 112 valence electrons. The van der Waals surface area contributed by atoms with E-state index in [0.717, 1.165) is 0 Å². The third-order valence-corrected chi connectivity index (χ3v) is 4.41. The lowest BCUT2D eigenvalue weighted by atomic mass is 10.3. The Balaban J connectivity index is 2.56. The topological polar surface area (TPSA) is 92.5 Å². The Morgan fingerprint density at radius 3 is 2.25 bits per heavy atom. The van der Waals surface area contributed by atoms with Gasteiger partial charge in [-0.05, 0) is 38.1 Å². The number of carbonyl (C=O) groups is 1. The van der Waals surface area contributed by atoms with Crippen molar-refractivity contribution < 1.29 is 13.2 Å². The highest BCUT2D eigenvalue weighted by Crippen LogP contribution is 2.11. The monoisotopic (exact) mass is 299 g/mol. The first-order valence-corrected chi connectivity index (χ1v) is 8.02. The number of nitrogens with one attached hydrogen (secondary N) is 1. The molecule has 0 unspecified atom stereocenters. The van der Waals surface area contributed by atoms with Crippen LogP contribution in [-0.2, 0) is 14.8 Å². The molecule has 1 aromatic carbocycles. The van der Waals surface area contributed by atoms with Gasteiger partial charge in [-0.2, -0.15) is 0 Å². The summed E-state index contributed by atoms with van der Waals surface area (Å²) in [7, 11) is -3.59. The summed E-state index contributed by atoms with van der Waals surface area (Å²) in [6, 6.07) is 5.92. The maximum atomic E-state index is 12.0. The van der Waals surface area contributed by atoms with Gasteiger partial charge in [0.15, 0.2) is 0 Å². The molecule has 0 fully saturated rings. The molecule has 1 rings (SSSR count). The molecule has 1 aromatic rings. The van der Waals surface area contributed by atoms with E-state index in [2.05, 4.69) is 4.72 Å². The fraction of sp³-hybridized carbons (Fsp3) is 0.462. The van der Waals surface area contributed by atoms with Gasteiger partial charge in [-0.3, -0.25) is 4.79 Å². The number of hydrogen-bond donors (Lipinski definition) is 2. The van der Waals surface area contributed by atoms with Gasteiger partial charge < -0.3 is 10.6 Å². The summed E-state index contributed by atoms with van der Waals surface area (Å²) < 4.78 is 26.3. The normalized spacial score (nSPS) is 11.3. The number of anilines is 1. The first-order valence-electron chi connectivity index (χ1n) is 6.53. The van der Waals surface area contributed by atoms with E-state index in [9.17, 15) is 13.2 Å². The van der Waals surface area contributed by atoms with Crippen LogP contribution in [0.2, 0.25) is 0 Å². The van der Waals surface area contributed by atoms with Gasteiger partial charge in [-0.25, -0.2) is 13.1 Å². The molecule has 0 aliphatic heterocycles. The van der Waals surface area contributed by atoms with Crippen molar-refractivity contribution in [1.29, 1.82) is 0 Å². The predicted octanol–water partition coefficient (Wildman–Crippen LogP) is 0.806. The zero-order valence-corrected chi connectivity index (χ0v) is 12.6. The van der Waals surface area contributed by atoms with Crippen LogP contribution in [0.25, 0.3) is 0 Å². The van der Waals surface area contributed by atoms with E-state index in [0.29, 0.717) is 18.8 Å². The molecule has 0 aromatic heterocycles. The number of carbonyl (C=O) groups excluding carboxylic acids is 1. The summed E-state index contributed by atoms with van der Waals surface area (Å²) in [6.45, 7) is 5.11. The van der Waals surface area contributed by atoms with Crippen LogP contribution in [0.1, 0.15) is 20.3 Å². The summed E-state index contributed by atoms with van der Waals surface area (Å²) in [4.78, 5) is 13.6. The van der Waals surface area contributed by atoms with Crippen molar-refractivity contribution in [3.63, 3.8) is 0 Å². The molecule has 0 bridgehead atoms. The highest BCUT2D eigenvalue weighted by molar-refractivity contribution is 7.89. The van der Waals surface area contributed by atoms with Gasteiger partial charge in [0.05, 0.1) is 4.90 Å². The molecule has 6 nitrogen and oxygen atoms in total. The standard InChI is InChI=1S/C13H21N3O3S/c1-3-16(4-2)13(17)9-10-15-20(18,19)12-7-5-11(14)6-8-12/h5-8,15H,3-4,9-10,14H2,1-2H3. The molecular weight excluding hydrogens is 278 g/mol. The second-order valence-corrected chi connectivity index (χ2v) is 6.05. The quantitative estimate of drug-likeness (QED) is 0.729. The van der Waals surface area contributed by atoms with Gasteiger partial charge in [0.25, 0.3) is 0 Å². The van der Waals surface area contributed by atoms with Crippen LogP contribution in [0.4, 0.5) is 5.69 Å². The Kier molecular flexibility index (Phi) is 5.97. The Morgan fingerprint density at radius 1 is 1.20 bits per heavy atom. The number of hydrogen-bond acceptors (Lipinski definition) is 4. The van der Waals surface area contributed by atoms with E-state index in [-0.39, 0.29) is 23.8 Å². The SMILES string of the molecule is CCN(CC)C(=O)CCNS(=O)(=O)c1ccc(N)cc1. The fourth-order valence-corrected chi connectivity index (χ4v) is 2.79. The van der Waals surface area contributed by atoms with Crippen LogP contribution in [0.3, 0.4) is 0 Å². The van der Waals surface area contributed by atoms with Crippen molar-refractivity contribution in [2.75, 3.05) is 25.4 Å². The first kappa shape index (κ1) is 16.5. The molecule has 0 spiro atoms. The molecule has 3 N–H and O–H groups in total. The van der Waals surface area contributed by atoms with Crippen molar-refractivity contribution in [3.05, 3.63) is 24.3 Å². The number of nitrogen functional groups attached to an aromatic ring is 1. The largest absolute Gasteiger partial charge is 0.399 e. The van der Waals surface area contributed by atoms with Gasteiger partial charge in [-0.15, -0.1) is 0 Å². The molecule has 0 aliphatic rings. The lowest BCUT2D eigenvalue weighted by Crippen LogP contribution is -2.34. The Morgan fingerprint density at radius 2 is 1.75 bits per heavy atom. The second-order valence-electron chi connectivity index (χ2n) is 4.28. The molecule has 0 atom stereocenters. The van der Waals surface area contributed by atoms with E-state index in [1.165, 1.54) is 24.3 Å². The molecule has 20 heavy (non-hydrogen) atoms. The van der Waals surface area contributed by atoms with Crippen LogP contribution < -0.4 is 10.5 Å². The van der Waals surface area contributed by atoms with Crippen molar-refractivity contribution in [1.82, 2.24) is 9.62 Å².